The van der Waals surface area contributed by atoms with E-state index in [1.807, 2.05) is 0 Å². The number of carbonyl (C=O) groups excluding carboxylic acids is 2. The first-order valence-electron chi connectivity index (χ1n) is 7.93. The van der Waals surface area contributed by atoms with Crippen molar-refractivity contribution in [2.75, 3.05) is 23.9 Å². The van der Waals surface area contributed by atoms with Crippen LogP contribution in [0.3, 0.4) is 0 Å². The topological polar surface area (TPSA) is 70.7 Å². The monoisotopic (exact) mass is 361 g/mol. The molecule has 2 aromatic rings. The minimum absolute atomic E-state index is 0.122. The molecular formula is C18H17F2N3O3. The molecule has 3 rings (SSSR count). The number of nitrogens with zero attached hydrogens (tertiary/aromatic N) is 1. The van der Waals surface area contributed by atoms with Crippen LogP contribution in [0, 0.1) is 11.6 Å². The van der Waals surface area contributed by atoms with Gasteiger partial charge in [-0.15, -0.1) is 0 Å². The fraction of sp³-hybridized carbons (Fsp3) is 0.222. The van der Waals surface area contributed by atoms with Crippen LogP contribution in [0.25, 0.3) is 0 Å². The van der Waals surface area contributed by atoms with Crippen LogP contribution in [-0.2, 0) is 4.79 Å². The van der Waals surface area contributed by atoms with Gasteiger partial charge in [0.05, 0.1) is 18.8 Å². The third kappa shape index (κ3) is 3.90. The normalized spacial score (nSPS) is 16.5. The molecule has 26 heavy (non-hydrogen) atoms. The van der Waals surface area contributed by atoms with Crippen molar-refractivity contribution in [1.29, 1.82) is 0 Å². The molecule has 0 unspecified atom stereocenters. The lowest BCUT2D eigenvalue weighted by atomic mass is 10.2. The predicted molar refractivity (Wildman–Crippen MR) is 92.3 cm³/mol. The standard InChI is InChI=1S/C18H17F2N3O3/c1-26-14-4-2-3-13(9-14)23-10-12(8-17(23)24)21-18(25)22-16-6-5-11(19)7-15(16)20/h2-7,9,12H,8,10H2,1H3,(H2,21,22,25)/t12-/m1/s1. The van der Waals surface area contributed by atoms with E-state index >= 15 is 0 Å². The van der Waals surface area contributed by atoms with Gasteiger partial charge in [-0.25, -0.2) is 13.6 Å². The zero-order valence-electron chi connectivity index (χ0n) is 14.0. The summed E-state index contributed by atoms with van der Waals surface area (Å²) < 4.78 is 31.6. The van der Waals surface area contributed by atoms with E-state index in [4.69, 9.17) is 4.74 Å². The van der Waals surface area contributed by atoms with Gasteiger partial charge in [0.1, 0.15) is 17.4 Å². The highest BCUT2D eigenvalue weighted by atomic mass is 19.1. The molecule has 136 valence electrons. The number of nitrogens with one attached hydrogen (secondary N) is 2. The highest BCUT2D eigenvalue weighted by Crippen LogP contribution is 2.25. The van der Waals surface area contributed by atoms with E-state index in [1.165, 1.54) is 7.11 Å². The van der Waals surface area contributed by atoms with Crippen LogP contribution in [0.15, 0.2) is 42.5 Å². The fourth-order valence-corrected chi connectivity index (χ4v) is 2.77. The van der Waals surface area contributed by atoms with Gasteiger partial charge in [-0.05, 0) is 24.3 Å². The Morgan fingerprint density at radius 2 is 2.04 bits per heavy atom. The lowest BCUT2D eigenvalue weighted by Gasteiger charge is -2.18. The van der Waals surface area contributed by atoms with Crippen molar-refractivity contribution in [3.63, 3.8) is 0 Å². The second kappa shape index (κ2) is 7.38. The Kier molecular flexibility index (Phi) is 5.01. The summed E-state index contributed by atoms with van der Waals surface area (Å²) in [6, 6.07) is 8.80. The molecule has 1 aliphatic rings. The van der Waals surface area contributed by atoms with E-state index in [1.54, 1.807) is 29.2 Å². The Morgan fingerprint density at radius 1 is 1.23 bits per heavy atom. The van der Waals surface area contributed by atoms with Crippen LogP contribution >= 0.6 is 0 Å². The second-order valence-corrected chi connectivity index (χ2v) is 5.83. The van der Waals surface area contributed by atoms with Crippen LogP contribution in [0.1, 0.15) is 6.42 Å². The summed E-state index contributed by atoms with van der Waals surface area (Å²) in [6.07, 6.45) is 0.122. The van der Waals surface area contributed by atoms with E-state index in [-0.39, 0.29) is 24.6 Å². The minimum Gasteiger partial charge on any atom is -0.497 e. The first-order chi connectivity index (χ1) is 12.5. The summed E-state index contributed by atoms with van der Waals surface area (Å²) in [5.74, 6) is -1.13. The van der Waals surface area contributed by atoms with Crippen molar-refractivity contribution in [3.05, 3.63) is 54.1 Å². The molecule has 2 N–H and O–H groups in total. The third-order valence-corrected chi connectivity index (χ3v) is 4.00. The predicted octanol–water partition coefficient (Wildman–Crippen LogP) is 2.90. The Morgan fingerprint density at radius 3 is 2.77 bits per heavy atom. The van der Waals surface area contributed by atoms with Crippen molar-refractivity contribution in [3.8, 4) is 5.75 Å². The maximum Gasteiger partial charge on any atom is 0.319 e. The number of ether oxygens (including phenoxy) is 1. The number of methoxy groups -OCH3 is 1. The Hall–Kier alpha value is -3.16. The van der Waals surface area contributed by atoms with Gasteiger partial charge in [-0.1, -0.05) is 6.07 Å². The van der Waals surface area contributed by atoms with Gasteiger partial charge in [-0.2, -0.15) is 0 Å². The zero-order chi connectivity index (χ0) is 18.7. The molecule has 2 aromatic carbocycles. The van der Waals surface area contributed by atoms with Crippen molar-refractivity contribution in [1.82, 2.24) is 5.32 Å². The van der Waals surface area contributed by atoms with Crippen LogP contribution < -0.4 is 20.3 Å². The molecule has 0 aliphatic carbocycles. The molecule has 0 radical (unpaired) electrons. The minimum atomic E-state index is -0.874. The van der Waals surface area contributed by atoms with Crippen LogP contribution in [0.4, 0.5) is 25.0 Å². The summed E-state index contributed by atoms with van der Waals surface area (Å²) in [5.41, 5.74) is 0.529. The van der Waals surface area contributed by atoms with E-state index in [0.29, 0.717) is 17.5 Å². The number of rotatable bonds is 4. The third-order valence-electron chi connectivity index (χ3n) is 4.00. The molecule has 1 saturated heterocycles. The number of urea groups is 1. The number of amides is 3. The van der Waals surface area contributed by atoms with Gasteiger partial charge in [-0.3, -0.25) is 4.79 Å². The summed E-state index contributed by atoms with van der Waals surface area (Å²) in [6.45, 7) is 0.283. The molecule has 6 nitrogen and oxygen atoms in total. The van der Waals surface area contributed by atoms with E-state index in [2.05, 4.69) is 10.6 Å². The smallest absolute Gasteiger partial charge is 0.319 e. The summed E-state index contributed by atoms with van der Waals surface area (Å²) in [5, 5.41) is 4.93. The average Bonchev–Trinajstić information content (AvgIpc) is 2.97. The molecule has 1 aliphatic heterocycles. The van der Waals surface area contributed by atoms with Gasteiger partial charge in [0.25, 0.3) is 0 Å². The molecule has 1 atom stereocenters. The number of halogens is 2. The van der Waals surface area contributed by atoms with Crippen molar-refractivity contribution in [2.45, 2.75) is 12.5 Å². The van der Waals surface area contributed by atoms with E-state index < -0.39 is 23.7 Å². The zero-order valence-corrected chi connectivity index (χ0v) is 14.0. The quantitative estimate of drug-likeness (QED) is 0.880. The molecule has 0 bridgehead atoms. The number of hydrogen-bond acceptors (Lipinski definition) is 3. The first-order valence-corrected chi connectivity index (χ1v) is 7.93. The Bertz CT molecular complexity index is 844. The summed E-state index contributed by atoms with van der Waals surface area (Å²) >= 11 is 0. The highest BCUT2D eigenvalue weighted by Gasteiger charge is 2.31. The maximum atomic E-state index is 13.6. The average molecular weight is 361 g/mol. The first kappa shape index (κ1) is 17.7. The molecular weight excluding hydrogens is 344 g/mol. The van der Waals surface area contributed by atoms with Crippen molar-refractivity contribution < 1.29 is 23.1 Å². The number of carbonyl (C=O) groups is 2. The number of benzene rings is 2. The molecule has 3 amide bonds. The lowest BCUT2D eigenvalue weighted by molar-refractivity contribution is -0.117. The molecule has 0 aromatic heterocycles. The van der Waals surface area contributed by atoms with Crippen LogP contribution in [-0.4, -0.2) is 31.6 Å². The summed E-state index contributed by atoms with van der Waals surface area (Å²) in [7, 11) is 1.54. The van der Waals surface area contributed by atoms with Crippen LogP contribution in [0.5, 0.6) is 5.75 Å². The molecule has 8 heteroatoms. The maximum absolute atomic E-state index is 13.6. The Labute approximate surface area is 148 Å². The molecule has 1 fully saturated rings. The number of anilines is 2. The van der Waals surface area contributed by atoms with Gasteiger partial charge in [0, 0.05) is 30.8 Å². The van der Waals surface area contributed by atoms with Gasteiger partial charge in [0.2, 0.25) is 5.91 Å². The number of hydrogen-bond donors (Lipinski definition) is 2. The van der Waals surface area contributed by atoms with Gasteiger partial charge in [0.15, 0.2) is 0 Å². The van der Waals surface area contributed by atoms with E-state index in [9.17, 15) is 18.4 Å². The molecule has 0 spiro atoms. The second-order valence-electron chi connectivity index (χ2n) is 5.83. The lowest BCUT2D eigenvalue weighted by Crippen LogP contribution is -2.39. The fourth-order valence-electron chi connectivity index (χ4n) is 2.77. The van der Waals surface area contributed by atoms with Gasteiger partial charge >= 0.3 is 6.03 Å². The molecule has 0 saturated carbocycles. The largest absolute Gasteiger partial charge is 0.497 e. The van der Waals surface area contributed by atoms with Crippen LogP contribution in [0.2, 0.25) is 0 Å². The Balaban J connectivity index is 1.62. The highest BCUT2D eigenvalue weighted by molar-refractivity contribution is 5.97. The van der Waals surface area contributed by atoms with Crippen molar-refractivity contribution in [2.24, 2.45) is 0 Å². The van der Waals surface area contributed by atoms with Gasteiger partial charge < -0.3 is 20.3 Å². The van der Waals surface area contributed by atoms with E-state index in [0.717, 1.165) is 12.1 Å². The summed E-state index contributed by atoms with van der Waals surface area (Å²) in [4.78, 5) is 25.8. The SMILES string of the molecule is COc1cccc(N2C[C@H](NC(=O)Nc3ccc(F)cc3F)CC2=O)c1. The molecule has 1 heterocycles. The van der Waals surface area contributed by atoms with Crippen molar-refractivity contribution >= 4 is 23.3 Å².